The van der Waals surface area contributed by atoms with Crippen molar-refractivity contribution in [2.24, 2.45) is 0 Å². The van der Waals surface area contributed by atoms with E-state index in [4.69, 9.17) is 18.9 Å². The van der Waals surface area contributed by atoms with E-state index in [2.05, 4.69) is 33.2 Å². The Morgan fingerprint density at radius 2 is 1.85 bits per heavy atom. The third-order valence-corrected chi connectivity index (χ3v) is 6.69. The minimum Gasteiger partial charge on any atom is -0.460 e. The van der Waals surface area contributed by atoms with Gasteiger partial charge in [-0.1, -0.05) is 0 Å². The number of benzene rings is 1. The van der Waals surface area contributed by atoms with E-state index in [-0.39, 0.29) is 51.5 Å². The summed E-state index contributed by atoms with van der Waals surface area (Å²) in [5.74, 6) is -1.72. The fourth-order valence-electron chi connectivity index (χ4n) is 4.11. The first-order valence-corrected chi connectivity index (χ1v) is 13.8. The van der Waals surface area contributed by atoms with Gasteiger partial charge in [-0.25, -0.2) is 4.79 Å². The quantitative estimate of drug-likeness (QED) is 0.240. The molecule has 0 radical (unpaired) electrons. The SMILES string of the molecule is CC(C)(C)OC(=O)CCC(CO)NC(=O)CCNC(=O)C1=CC2OCOC2C(OC(=O)c2ccc(I)cc2)C1. The van der Waals surface area contributed by atoms with E-state index in [1.54, 1.807) is 51.1 Å². The fraction of sp³-hybridized carbons (Fsp3) is 0.556. The number of hydrogen-bond donors (Lipinski definition) is 3. The Balaban J connectivity index is 1.46. The Kier molecular flexibility index (Phi) is 11.3. The number of amides is 2. The summed E-state index contributed by atoms with van der Waals surface area (Å²) >= 11 is 2.14. The zero-order valence-corrected chi connectivity index (χ0v) is 24.4. The third-order valence-electron chi connectivity index (χ3n) is 5.97. The molecule has 12 heteroatoms. The molecule has 0 aromatic heterocycles. The Labute approximate surface area is 241 Å². The minimum absolute atomic E-state index is 0.0262. The lowest BCUT2D eigenvalue weighted by Crippen LogP contribution is -2.44. The second-order valence-corrected chi connectivity index (χ2v) is 11.6. The van der Waals surface area contributed by atoms with Gasteiger partial charge in [0.1, 0.15) is 30.7 Å². The largest absolute Gasteiger partial charge is 0.460 e. The van der Waals surface area contributed by atoms with E-state index in [1.807, 2.05) is 0 Å². The zero-order chi connectivity index (χ0) is 28.6. The maximum absolute atomic E-state index is 12.8. The zero-order valence-electron chi connectivity index (χ0n) is 22.2. The molecular formula is C27H35IN2O9. The van der Waals surface area contributed by atoms with Crippen molar-refractivity contribution in [1.29, 1.82) is 0 Å². The van der Waals surface area contributed by atoms with Gasteiger partial charge in [0.15, 0.2) is 0 Å². The molecule has 1 fully saturated rings. The van der Waals surface area contributed by atoms with Gasteiger partial charge < -0.3 is 34.7 Å². The van der Waals surface area contributed by atoms with E-state index in [1.165, 1.54) is 0 Å². The highest BCUT2D eigenvalue weighted by Gasteiger charge is 2.42. The molecule has 39 heavy (non-hydrogen) atoms. The van der Waals surface area contributed by atoms with Crippen LogP contribution in [0.4, 0.5) is 0 Å². The number of rotatable bonds is 11. The van der Waals surface area contributed by atoms with Crippen LogP contribution in [0, 0.1) is 3.57 Å². The van der Waals surface area contributed by atoms with Crippen LogP contribution in [0.5, 0.6) is 0 Å². The van der Waals surface area contributed by atoms with Gasteiger partial charge in [-0.2, -0.15) is 0 Å². The molecule has 3 rings (SSSR count). The normalized spacial score (nSPS) is 21.3. The van der Waals surface area contributed by atoms with Crippen LogP contribution in [-0.2, 0) is 33.3 Å². The van der Waals surface area contributed by atoms with Crippen molar-refractivity contribution in [2.45, 2.75) is 76.4 Å². The number of halogens is 1. The number of aliphatic hydroxyl groups is 1. The molecule has 1 heterocycles. The maximum Gasteiger partial charge on any atom is 0.338 e. The molecule has 4 unspecified atom stereocenters. The van der Waals surface area contributed by atoms with Gasteiger partial charge in [0, 0.05) is 35.0 Å². The van der Waals surface area contributed by atoms with Crippen molar-refractivity contribution in [1.82, 2.24) is 10.6 Å². The van der Waals surface area contributed by atoms with E-state index < -0.39 is 47.8 Å². The third kappa shape index (κ3) is 9.85. The van der Waals surface area contributed by atoms with Gasteiger partial charge in [-0.05, 0) is 80.1 Å². The van der Waals surface area contributed by atoms with Gasteiger partial charge in [-0.3, -0.25) is 14.4 Å². The van der Waals surface area contributed by atoms with Gasteiger partial charge >= 0.3 is 11.9 Å². The summed E-state index contributed by atoms with van der Waals surface area (Å²) in [6, 6.07) is 6.33. The fourth-order valence-corrected chi connectivity index (χ4v) is 4.47. The van der Waals surface area contributed by atoms with Crippen molar-refractivity contribution in [3.8, 4) is 0 Å². The van der Waals surface area contributed by atoms with Gasteiger partial charge in [0.25, 0.3) is 0 Å². The number of esters is 2. The summed E-state index contributed by atoms with van der Waals surface area (Å²) in [6.07, 6.45) is 0.271. The number of nitrogens with one attached hydrogen (secondary N) is 2. The highest BCUT2D eigenvalue weighted by atomic mass is 127. The molecular weight excluding hydrogens is 623 g/mol. The molecule has 0 spiro atoms. The number of ether oxygens (including phenoxy) is 4. The molecule has 214 valence electrons. The number of aliphatic hydroxyl groups excluding tert-OH is 1. The molecule has 3 N–H and O–H groups in total. The lowest BCUT2D eigenvalue weighted by atomic mass is 9.91. The first-order valence-electron chi connectivity index (χ1n) is 12.8. The molecule has 1 aromatic rings. The number of fused-ring (bicyclic) bond motifs is 1. The average Bonchev–Trinajstić information content (AvgIpc) is 3.35. The Morgan fingerprint density at radius 3 is 2.51 bits per heavy atom. The standard InChI is InChI=1S/C27H35IN2O9/c1-27(2,3)39-23(33)9-8-19(14-31)30-22(32)10-11-29-25(34)17-12-20-24(37-15-36-20)21(13-17)38-26(35)16-4-6-18(28)7-5-16/h4-7,12,19-21,24,31H,8-11,13-15H2,1-3H3,(H,29,34)(H,30,32). The van der Waals surface area contributed by atoms with Gasteiger partial charge in [0.05, 0.1) is 18.2 Å². The average molecular weight is 658 g/mol. The summed E-state index contributed by atoms with van der Waals surface area (Å²) in [6.45, 7) is 5.03. The summed E-state index contributed by atoms with van der Waals surface area (Å²) in [4.78, 5) is 49.7. The van der Waals surface area contributed by atoms with Crippen LogP contribution in [0.1, 0.15) is 56.8 Å². The molecule has 2 amide bonds. The van der Waals surface area contributed by atoms with E-state index in [0.717, 1.165) is 3.57 Å². The summed E-state index contributed by atoms with van der Waals surface area (Å²) in [5.41, 5.74) is 0.152. The molecule has 1 aliphatic carbocycles. The lowest BCUT2D eigenvalue weighted by Gasteiger charge is -2.30. The summed E-state index contributed by atoms with van der Waals surface area (Å²) < 4.78 is 23.0. The van der Waals surface area contributed by atoms with E-state index >= 15 is 0 Å². The van der Waals surface area contributed by atoms with Crippen molar-refractivity contribution in [2.75, 3.05) is 19.9 Å². The Morgan fingerprint density at radius 1 is 1.13 bits per heavy atom. The molecule has 1 aliphatic heterocycles. The van der Waals surface area contributed by atoms with Crippen LogP contribution >= 0.6 is 22.6 Å². The van der Waals surface area contributed by atoms with Crippen LogP contribution in [0.25, 0.3) is 0 Å². The number of carbonyl (C=O) groups excluding carboxylic acids is 4. The second-order valence-electron chi connectivity index (χ2n) is 10.3. The van der Waals surface area contributed by atoms with Crippen molar-refractivity contribution >= 4 is 46.3 Å². The van der Waals surface area contributed by atoms with Crippen LogP contribution < -0.4 is 10.6 Å². The van der Waals surface area contributed by atoms with Crippen molar-refractivity contribution in [3.63, 3.8) is 0 Å². The molecule has 2 aliphatic rings. The van der Waals surface area contributed by atoms with Crippen LogP contribution in [0.15, 0.2) is 35.9 Å². The molecule has 1 aromatic carbocycles. The monoisotopic (exact) mass is 658 g/mol. The van der Waals surface area contributed by atoms with Gasteiger partial charge in [-0.15, -0.1) is 0 Å². The number of carbonyl (C=O) groups is 4. The smallest absolute Gasteiger partial charge is 0.338 e. The molecule has 11 nitrogen and oxygen atoms in total. The summed E-state index contributed by atoms with van der Waals surface area (Å²) in [7, 11) is 0. The molecule has 4 atom stereocenters. The van der Waals surface area contributed by atoms with Crippen molar-refractivity contribution < 1.29 is 43.2 Å². The second kappa shape index (κ2) is 14.2. The first kappa shape index (κ1) is 31.0. The predicted molar refractivity (Wildman–Crippen MR) is 147 cm³/mol. The Bertz CT molecular complexity index is 1070. The first-order chi connectivity index (χ1) is 18.4. The summed E-state index contributed by atoms with van der Waals surface area (Å²) in [5, 5.41) is 14.9. The lowest BCUT2D eigenvalue weighted by molar-refractivity contribution is -0.155. The maximum atomic E-state index is 12.8. The van der Waals surface area contributed by atoms with E-state index in [0.29, 0.717) is 11.1 Å². The Hall–Kier alpha value is -2.55. The van der Waals surface area contributed by atoms with Crippen molar-refractivity contribution in [3.05, 3.63) is 45.0 Å². The van der Waals surface area contributed by atoms with Crippen LogP contribution in [0.3, 0.4) is 0 Å². The topological polar surface area (TPSA) is 149 Å². The highest BCUT2D eigenvalue weighted by molar-refractivity contribution is 14.1. The minimum atomic E-state index is -0.714. The van der Waals surface area contributed by atoms with Crippen LogP contribution in [-0.4, -0.2) is 78.8 Å². The van der Waals surface area contributed by atoms with E-state index in [9.17, 15) is 24.3 Å². The predicted octanol–water partition coefficient (Wildman–Crippen LogP) is 1.99. The van der Waals surface area contributed by atoms with Gasteiger partial charge in [0.2, 0.25) is 11.8 Å². The molecule has 0 saturated carbocycles. The molecule has 0 bridgehead atoms. The molecule has 1 saturated heterocycles. The van der Waals surface area contributed by atoms with Crippen LogP contribution in [0.2, 0.25) is 0 Å². The highest BCUT2D eigenvalue weighted by Crippen LogP contribution is 2.30. The number of hydrogen-bond acceptors (Lipinski definition) is 9.